The van der Waals surface area contributed by atoms with Gasteiger partial charge in [0.2, 0.25) is 0 Å². The van der Waals surface area contributed by atoms with Crippen molar-refractivity contribution in [3.05, 3.63) is 0 Å². The molecule has 1 unspecified atom stereocenters. The molecule has 1 N–H and O–H groups in total. The summed E-state index contributed by atoms with van der Waals surface area (Å²) >= 11 is -0.0785. The molecule has 0 heterocycles. The minimum absolute atomic E-state index is 0.0785. The van der Waals surface area contributed by atoms with E-state index in [1.54, 1.807) is 0 Å². The number of hydrogen-bond acceptors (Lipinski definition) is 10. The first kappa shape index (κ1) is 41.9. The maximum Gasteiger partial charge on any atom is 0.460 e. The van der Waals surface area contributed by atoms with Crippen LogP contribution in [0, 0.1) is 5.92 Å². The molecule has 0 saturated heterocycles. The lowest BCUT2D eigenvalue weighted by atomic mass is 10.0. The summed E-state index contributed by atoms with van der Waals surface area (Å²) in [5, 5.41) is 11.1. The number of rotatable bonds is 20. The van der Waals surface area contributed by atoms with Crippen LogP contribution in [-0.4, -0.2) is 84.3 Å². The molecule has 1 atom stereocenters. The van der Waals surface area contributed by atoms with Crippen LogP contribution in [0.2, 0.25) is 0 Å². The average Bonchev–Trinajstić information content (AvgIpc) is 2.87. The van der Waals surface area contributed by atoms with Crippen LogP contribution in [0.1, 0.15) is 19.3 Å². The van der Waals surface area contributed by atoms with E-state index in [9.17, 15) is 84.2 Å². The summed E-state index contributed by atoms with van der Waals surface area (Å²) in [6, 6.07) is 0. The van der Waals surface area contributed by atoms with E-state index in [-0.39, 0.29) is 12.0 Å². The van der Waals surface area contributed by atoms with Crippen molar-refractivity contribution in [2.75, 3.05) is 19.0 Å². The first-order valence-electron chi connectivity index (χ1n) is 10.5. The molecule has 0 rings (SSSR count). The van der Waals surface area contributed by atoms with Gasteiger partial charge in [0.05, 0.1) is 12.3 Å². The molecule has 262 valence electrons. The Morgan fingerprint density at radius 3 is 1.57 bits per heavy atom. The summed E-state index contributed by atoms with van der Waals surface area (Å²) in [7, 11) is 0. The van der Waals surface area contributed by atoms with E-state index in [4.69, 9.17) is 5.26 Å². The third kappa shape index (κ3) is 9.95. The summed E-state index contributed by atoms with van der Waals surface area (Å²) in [4.78, 5) is 38.6. The zero-order chi connectivity index (χ0) is 35.0. The van der Waals surface area contributed by atoms with Gasteiger partial charge in [0.25, 0.3) is 0 Å². The maximum absolute atomic E-state index is 13.4. The second-order valence-corrected chi connectivity index (χ2v) is 8.59. The standard InChI is InChI=1S/C17H15F17O9S/c18-10(19)13(24,25)14(26,27)11(20,21)1-3-38-40-8(35)5-7(6-44-43-42-37)9(36)41-39-4-2-12(22,23)15(28,29)16(30,31)17(32,33)34/h7,10,37H,1-6H2. The van der Waals surface area contributed by atoms with E-state index in [1.165, 1.54) is 0 Å². The molecule has 0 spiro atoms. The molecule has 0 aliphatic rings. The minimum atomic E-state index is -7.23. The fraction of sp³-hybridized carbons (Fsp3) is 0.882. The minimum Gasteiger partial charge on any atom is -0.298 e. The zero-order valence-electron chi connectivity index (χ0n) is 20.4. The molecule has 44 heavy (non-hydrogen) atoms. The fourth-order valence-corrected chi connectivity index (χ4v) is 2.81. The van der Waals surface area contributed by atoms with Crippen LogP contribution >= 0.6 is 12.0 Å². The molecular weight excluding hydrogens is 703 g/mol. The quantitative estimate of drug-likeness (QED) is 0.0498. The van der Waals surface area contributed by atoms with Crippen LogP contribution in [0.3, 0.4) is 0 Å². The Balaban J connectivity index is 5.11. The van der Waals surface area contributed by atoms with Crippen molar-refractivity contribution in [1.82, 2.24) is 0 Å². The first-order chi connectivity index (χ1) is 19.6. The van der Waals surface area contributed by atoms with Gasteiger partial charge in [-0.25, -0.2) is 23.6 Å². The van der Waals surface area contributed by atoms with Crippen LogP contribution in [0.5, 0.6) is 0 Å². The normalized spacial score (nSPS) is 15.0. The molecule has 0 amide bonds. The van der Waals surface area contributed by atoms with Crippen LogP contribution in [0.25, 0.3) is 0 Å². The molecule has 0 aliphatic carbocycles. The highest BCUT2D eigenvalue weighted by Crippen LogP contribution is 2.54. The SMILES string of the molecule is O=C(CC(CSOOO)C(=O)OOCCC(F)(F)C(F)(F)C(F)(F)C(F)(F)F)OOCCC(F)(F)C(F)(F)C(F)(F)C(F)F. The lowest BCUT2D eigenvalue weighted by molar-refractivity contribution is -0.432. The number of halogens is 17. The summed E-state index contributed by atoms with van der Waals surface area (Å²) in [5.74, 6) is -46.1. The zero-order valence-corrected chi connectivity index (χ0v) is 21.3. The largest absolute Gasteiger partial charge is 0.460 e. The Labute approximate surface area is 235 Å². The Morgan fingerprint density at radius 2 is 1.14 bits per heavy atom. The first-order valence-corrected chi connectivity index (χ1v) is 11.4. The molecule has 0 aromatic heterocycles. The molecule has 0 aliphatic heterocycles. The highest BCUT2D eigenvalue weighted by Gasteiger charge is 2.81. The molecular formula is C17H15F17O9S. The number of carbonyl (C=O) groups is 2. The smallest absolute Gasteiger partial charge is 0.298 e. The lowest BCUT2D eigenvalue weighted by Gasteiger charge is -2.33. The van der Waals surface area contributed by atoms with E-state index in [1.807, 2.05) is 0 Å². The van der Waals surface area contributed by atoms with Gasteiger partial charge in [-0.15, -0.1) is 4.33 Å². The van der Waals surface area contributed by atoms with E-state index >= 15 is 0 Å². The molecule has 0 saturated carbocycles. The van der Waals surface area contributed by atoms with E-state index < -0.39 is 104 Å². The second-order valence-electron chi connectivity index (χ2n) is 7.88. The summed E-state index contributed by atoms with van der Waals surface area (Å²) in [5.41, 5.74) is 0. The molecule has 27 heteroatoms. The van der Waals surface area contributed by atoms with Crippen molar-refractivity contribution in [2.45, 2.75) is 67.4 Å². The number of carbonyl (C=O) groups excluding carboxylic acids is 2. The van der Waals surface area contributed by atoms with Gasteiger partial charge in [-0.3, -0.25) is 9.78 Å². The number of alkyl halides is 17. The Hall–Kier alpha value is -2.10. The predicted molar refractivity (Wildman–Crippen MR) is 100 cm³/mol. The van der Waals surface area contributed by atoms with E-state index in [0.29, 0.717) is 0 Å². The second kappa shape index (κ2) is 15.5. The van der Waals surface area contributed by atoms with Crippen molar-refractivity contribution in [1.29, 1.82) is 0 Å². The van der Waals surface area contributed by atoms with Crippen LogP contribution in [-0.2, 0) is 38.5 Å². The summed E-state index contributed by atoms with van der Waals surface area (Å²) in [6.45, 7) is -3.83. The Bertz CT molecular complexity index is 933. The molecule has 0 fully saturated rings. The van der Waals surface area contributed by atoms with Gasteiger partial charge in [0.15, 0.2) is 0 Å². The fourth-order valence-electron chi connectivity index (χ4n) is 2.29. The van der Waals surface area contributed by atoms with E-state index in [2.05, 4.69) is 28.9 Å². The van der Waals surface area contributed by atoms with Crippen LogP contribution < -0.4 is 0 Å². The van der Waals surface area contributed by atoms with Crippen molar-refractivity contribution in [3.8, 4) is 0 Å². The highest BCUT2D eigenvalue weighted by molar-refractivity contribution is 7.94. The van der Waals surface area contributed by atoms with Crippen molar-refractivity contribution in [3.63, 3.8) is 0 Å². The van der Waals surface area contributed by atoms with E-state index in [0.717, 1.165) is 0 Å². The Morgan fingerprint density at radius 1 is 0.682 bits per heavy atom. The van der Waals surface area contributed by atoms with Crippen LogP contribution in [0.15, 0.2) is 0 Å². The maximum atomic E-state index is 13.4. The van der Waals surface area contributed by atoms with Gasteiger partial charge in [-0.2, -0.15) is 75.6 Å². The molecule has 0 aromatic rings. The van der Waals surface area contributed by atoms with Gasteiger partial charge < -0.3 is 0 Å². The van der Waals surface area contributed by atoms with Gasteiger partial charge >= 0.3 is 60.1 Å². The predicted octanol–water partition coefficient (Wildman–Crippen LogP) is 6.43. The third-order valence-electron chi connectivity index (χ3n) is 4.75. The van der Waals surface area contributed by atoms with Gasteiger partial charge in [-0.1, -0.05) is 5.04 Å². The van der Waals surface area contributed by atoms with Crippen molar-refractivity contribution < 1.29 is 118 Å². The van der Waals surface area contributed by atoms with Crippen LogP contribution in [0.4, 0.5) is 74.6 Å². The van der Waals surface area contributed by atoms with Gasteiger partial charge in [-0.05, 0) is 0 Å². The molecule has 0 bridgehead atoms. The van der Waals surface area contributed by atoms with Crippen molar-refractivity contribution >= 4 is 24.0 Å². The molecule has 9 nitrogen and oxygen atoms in total. The molecule has 0 radical (unpaired) electrons. The number of hydrogen-bond donors (Lipinski definition) is 1. The average molecular weight is 718 g/mol. The van der Waals surface area contributed by atoms with Gasteiger partial charge in [0, 0.05) is 30.6 Å². The van der Waals surface area contributed by atoms with Gasteiger partial charge in [0.1, 0.15) is 13.2 Å². The van der Waals surface area contributed by atoms with Crippen molar-refractivity contribution in [2.24, 2.45) is 5.92 Å². The molecule has 0 aromatic carbocycles. The highest BCUT2D eigenvalue weighted by atomic mass is 32.2. The summed E-state index contributed by atoms with van der Waals surface area (Å²) in [6.07, 6.45) is -18.8. The third-order valence-corrected chi connectivity index (χ3v) is 5.44. The summed E-state index contributed by atoms with van der Waals surface area (Å²) < 4.78 is 222. The topological polar surface area (TPSA) is 110 Å². The monoisotopic (exact) mass is 718 g/mol. The Kier molecular flexibility index (Phi) is 14.7. The lowest BCUT2D eigenvalue weighted by Crippen LogP contribution is -2.61.